The van der Waals surface area contributed by atoms with Crippen LogP contribution in [0.4, 0.5) is 4.39 Å². The number of nitrogens with zero attached hydrogens (tertiary/aromatic N) is 1. The summed E-state index contributed by atoms with van der Waals surface area (Å²) < 4.78 is 19.4. The normalized spacial score (nSPS) is 11.9. The maximum absolute atomic E-state index is 14.3. The molecule has 0 saturated heterocycles. The number of nitrogens with one attached hydrogen (secondary N) is 2. The van der Waals surface area contributed by atoms with Crippen LogP contribution in [0.2, 0.25) is 5.02 Å². The molecular weight excluding hydrogens is 513 g/mol. The molecule has 0 saturated carbocycles. The van der Waals surface area contributed by atoms with E-state index in [2.05, 4.69) is 22.2 Å². The van der Waals surface area contributed by atoms with Gasteiger partial charge in [0, 0.05) is 33.8 Å². The molecule has 1 aromatic heterocycles. The summed E-state index contributed by atoms with van der Waals surface area (Å²) >= 11 is 6.73. The molecule has 2 N–H and O–H groups in total. The average molecular weight is 542 g/mol. The van der Waals surface area contributed by atoms with Gasteiger partial charge in [-0.2, -0.15) is 0 Å². The van der Waals surface area contributed by atoms with Gasteiger partial charge in [0.25, 0.3) is 5.91 Å². The van der Waals surface area contributed by atoms with Crippen LogP contribution in [0.1, 0.15) is 47.3 Å². The van der Waals surface area contributed by atoms with E-state index in [1.165, 1.54) is 13.2 Å². The van der Waals surface area contributed by atoms with Gasteiger partial charge in [-0.25, -0.2) is 9.37 Å². The maximum atomic E-state index is 14.3. The zero-order valence-electron chi connectivity index (χ0n) is 22.0. The van der Waals surface area contributed by atoms with Gasteiger partial charge in [-0.1, -0.05) is 73.5 Å². The van der Waals surface area contributed by atoms with E-state index in [9.17, 15) is 9.18 Å². The zero-order chi connectivity index (χ0) is 27.5. The Labute approximate surface area is 232 Å². The molecule has 0 aliphatic carbocycles. The van der Waals surface area contributed by atoms with Crippen molar-refractivity contribution in [1.29, 1.82) is 0 Å². The lowest BCUT2D eigenvalue weighted by atomic mass is 9.93. The van der Waals surface area contributed by atoms with Crippen LogP contribution < -0.4 is 10.1 Å². The van der Waals surface area contributed by atoms with Gasteiger partial charge < -0.3 is 15.0 Å². The van der Waals surface area contributed by atoms with E-state index in [0.29, 0.717) is 27.4 Å². The van der Waals surface area contributed by atoms with E-state index in [1.807, 2.05) is 73.7 Å². The Morgan fingerprint density at radius 2 is 1.85 bits per heavy atom. The molecule has 0 bridgehead atoms. The molecule has 5 rings (SSSR count). The summed E-state index contributed by atoms with van der Waals surface area (Å²) in [6.45, 7) is 4.07. The number of hydrogen-bond donors (Lipinski definition) is 2. The lowest BCUT2D eigenvalue weighted by molar-refractivity contribution is 0.0934. The number of aryl methyl sites for hydroxylation is 1. The second kappa shape index (κ2) is 11.3. The van der Waals surface area contributed by atoms with Crippen LogP contribution >= 0.6 is 11.6 Å². The van der Waals surface area contributed by atoms with Crippen molar-refractivity contribution in [2.24, 2.45) is 0 Å². The molecule has 0 aliphatic rings. The number of imidazole rings is 1. The monoisotopic (exact) mass is 541 g/mol. The van der Waals surface area contributed by atoms with Crippen molar-refractivity contribution >= 4 is 28.5 Å². The first-order chi connectivity index (χ1) is 18.9. The molecule has 1 amide bonds. The van der Waals surface area contributed by atoms with E-state index in [0.717, 1.165) is 40.7 Å². The topological polar surface area (TPSA) is 67.0 Å². The van der Waals surface area contributed by atoms with E-state index in [1.54, 1.807) is 6.07 Å². The highest BCUT2D eigenvalue weighted by Crippen LogP contribution is 2.39. The van der Waals surface area contributed by atoms with Gasteiger partial charge in [-0.15, -0.1) is 0 Å². The summed E-state index contributed by atoms with van der Waals surface area (Å²) in [6, 6.07) is 24.1. The number of benzene rings is 4. The molecule has 4 aromatic carbocycles. The Morgan fingerprint density at radius 1 is 1.05 bits per heavy atom. The molecule has 39 heavy (non-hydrogen) atoms. The Bertz CT molecular complexity index is 1650. The smallest absolute Gasteiger partial charge is 0.251 e. The molecule has 7 heteroatoms. The molecule has 1 atom stereocenters. The van der Waals surface area contributed by atoms with Crippen molar-refractivity contribution in [1.82, 2.24) is 15.3 Å². The van der Waals surface area contributed by atoms with Crippen LogP contribution in [0.3, 0.4) is 0 Å². The first kappa shape index (κ1) is 26.4. The highest BCUT2D eigenvalue weighted by atomic mass is 35.5. The van der Waals surface area contributed by atoms with E-state index < -0.39 is 5.82 Å². The first-order valence-corrected chi connectivity index (χ1v) is 13.3. The standard InChI is InChI=1S/C32H29ClFN3O2/c1-4-9-26(20-10-6-5-7-11-20)37-32(38)21-14-15-22(19(2)16-21)30-23(12-8-13-24(30)33)31-35-27-17-25(34)29(39-3)18-28(27)36-31/h5-8,10-18,26H,4,9H2,1-3H3,(H,35,36)(H,37,38)/t26-/m1/s1. The summed E-state index contributed by atoms with van der Waals surface area (Å²) in [4.78, 5) is 21.1. The third-order valence-corrected chi connectivity index (χ3v) is 7.18. The van der Waals surface area contributed by atoms with Crippen LogP contribution in [-0.4, -0.2) is 23.0 Å². The lowest BCUT2D eigenvalue weighted by Gasteiger charge is -2.19. The number of hydrogen-bond acceptors (Lipinski definition) is 3. The molecule has 0 aliphatic heterocycles. The third-order valence-electron chi connectivity index (χ3n) is 6.87. The molecule has 0 spiro atoms. The van der Waals surface area contributed by atoms with Gasteiger partial charge in [-0.05, 0) is 48.2 Å². The van der Waals surface area contributed by atoms with Crippen LogP contribution in [0.5, 0.6) is 5.75 Å². The van der Waals surface area contributed by atoms with Gasteiger partial charge in [0.2, 0.25) is 0 Å². The minimum absolute atomic E-state index is 0.0598. The van der Waals surface area contributed by atoms with E-state index in [-0.39, 0.29) is 17.7 Å². The zero-order valence-corrected chi connectivity index (χ0v) is 22.8. The molecule has 0 fully saturated rings. The number of rotatable bonds is 8. The summed E-state index contributed by atoms with van der Waals surface area (Å²) in [5, 5.41) is 3.74. The molecule has 5 aromatic rings. The fraction of sp³-hybridized carbons (Fsp3) is 0.188. The van der Waals surface area contributed by atoms with Crippen molar-refractivity contribution in [3.05, 3.63) is 106 Å². The molecule has 0 unspecified atom stereocenters. The van der Waals surface area contributed by atoms with Gasteiger partial charge in [0.15, 0.2) is 11.6 Å². The number of aromatic amines is 1. The number of carbonyl (C=O) groups is 1. The summed E-state index contributed by atoms with van der Waals surface area (Å²) in [6.07, 6.45) is 1.80. The summed E-state index contributed by atoms with van der Waals surface area (Å²) in [5.74, 6) is 0.0934. The van der Waals surface area contributed by atoms with E-state index >= 15 is 0 Å². The SMILES string of the molecule is CCC[C@@H](NC(=O)c1ccc(-c2c(Cl)cccc2-c2nc3cc(OC)c(F)cc3[nH]2)c(C)c1)c1ccccc1. The predicted molar refractivity (Wildman–Crippen MR) is 155 cm³/mol. The lowest BCUT2D eigenvalue weighted by Crippen LogP contribution is -2.28. The quantitative estimate of drug-likeness (QED) is 0.208. The van der Waals surface area contributed by atoms with Crippen molar-refractivity contribution in [3.63, 3.8) is 0 Å². The fourth-order valence-corrected chi connectivity index (χ4v) is 5.19. The fourth-order valence-electron chi connectivity index (χ4n) is 4.91. The summed E-state index contributed by atoms with van der Waals surface area (Å²) in [7, 11) is 1.42. The number of aromatic nitrogens is 2. The number of methoxy groups -OCH3 is 1. The summed E-state index contributed by atoms with van der Waals surface area (Å²) in [5.41, 5.74) is 6.13. The third kappa shape index (κ3) is 5.38. The van der Waals surface area contributed by atoms with Crippen molar-refractivity contribution < 1.29 is 13.9 Å². The molecule has 198 valence electrons. The van der Waals surface area contributed by atoms with Crippen LogP contribution in [0, 0.1) is 12.7 Å². The van der Waals surface area contributed by atoms with Crippen LogP contribution in [0.25, 0.3) is 33.5 Å². The number of H-pyrrole nitrogens is 1. The number of halogens is 2. The molecule has 5 nitrogen and oxygen atoms in total. The number of carbonyl (C=O) groups excluding carboxylic acids is 1. The second-order valence-corrected chi connectivity index (χ2v) is 9.91. The highest BCUT2D eigenvalue weighted by Gasteiger charge is 2.20. The molecule has 1 heterocycles. The van der Waals surface area contributed by atoms with Crippen molar-refractivity contribution in [2.45, 2.75) is 32.7 Å². The van der Waals surface area contributed by atoms with Gasteiger partial charge in [0.1, 0.15) is 5.82 Å². The molecule has 0 radical (unpaired) electrons. The van der Waals surface area contributed by atoms with Gasteiger partial charge in [-0.3, -0.25) is 4.79 Å². The van der Waals surface area contributed by atoms with Gasteiger partial charge in [0.05, 0.1) is 24.2 Å². The Balaban J connectivity index is 1.49. The Kier molecular flexibility index (Phi) is 7.66. The second-order valence-electron chi connectivity index (χ2n) is 9.51. The Hall–Kier alpha value is -4.16. The minimum atomic E-state index is -0.468. The number of amides is 1. The highest BCUT2D eigenvalue weighted by molar-refractivity contribution is 6.34. The van der Waals surface area contributed by atoms with Crippen LogP contribution in [-0.2, 0) is 0 Å². The van der Waals surface area contributed by atoms with Gasteiger partial charge >= 0.3 is 0 Å². The number of fused-ring (bicyclic) bond motifs is 1. The Morgan fingerprint density at radius 3 is 2.56 bits per heavy atom. The largest absolute Gasteiger partial charge is 0.494 e. The molecular formula is C32H29ClFN3O2. The first-order valence-electron chi connectivity index (χ1n) is 12.9. The van der Waals surface area contributed by atoms with Crippen LogP contribution in [0.15, 0.2) is 78.9 Å². The maximum Gasteiger partial charge on any atom is 0.251 e. The number of ether oxygens (including phenoxy) is 1. The van der Waals surface area contributed by atoms with Crippen molar-refractivity contribution in [3.8, 4) is 28.3 Å². The predicted octanol–water partition coefficient (Wildman–Crippen LogP) is 8.28. The average Bonchev–Trinajstić information content (AvgIpc) is 3.35. The minimum Gasteiger partial charge on any atom is -0.494 e. The van der Waals surface area contributed by atoms with Crippen molar-refractivity contribution in [2.75, 3.05) is 7.11 Å². The van der Waals surface area contributed by atoms with E-state index in [4.69, 9.17) is 16.3 Å².